The van der Waals surface area contributed by atoms with Crippen molar-refractivity contribution in [2.45, 2.75) is 43.4 Å². The minimum atomic E-state index is -0.0650. The first-order valence-corrected chi connectivity index (χ1v) is 10.3. The largest absolute Gasteiger partial charge is 0.355 e. The second kappa shape index (κ2) is 6.76. The van der Waals surface area contributed by atoms with Crippen LogP contribution in [0.3, 0.4) is 0 Å². The number of carbonyl (C=O) groups is 2. The number of hydrogen-bond acceptors (Lipinski definition) is 3. The molecule has 2 aliphatic carbocycles. The molecule has 28 heavy (non-hydrogen) atoms. The summed E-state index contributed by atoms with van der Waals surface area (Å²) in [5, 5.41) is 9.83. The van der Waals surface area contributed by atoms with Crippen LogP contribution in [0, 0.1) is 5.92 Å². The highest BCUT2D eigenvalue weighted by Gasteiger charge is 2.48. The highest BCUT2D eigenvalue weighted by Crippen LogP contribution is 2.51. The van der Waals surface area contributed by atoms with Crippen LogP contribution in [0.25, 0.3) is 0 Å². The highest BCUT2D eigenvalue weighted by molar-refractivity contribution is 5.92. The number of rotatable bonds is 4. The Morgan fingerprint density at radius 2 is 1.96 bits per heavy atom. The molecule has 146 valence electrons. The van der Waals surface area contributed by atoms with Gasteiger partial charge in [0, 0.05) is 31.2 Å². The number of likely N-dealkylation sites (tertiary alicyclic amines) is 1. The first kappa shape index (κ1) is 17.5. The van der Waals surface area contributed by atoms with Gasteiger partial charge in [-0.15, -0.1) is 0 Å². The molecule has 2 fully saturated rings. The van der Waals surface area contributed by atoms with E-state index in [2.05, 4.69) is 33.7 Å². The average Bonchev–Trinajstić information content (AvgIpc) is 3.29. The van der Waals surface area contributed by atoms with E-state index < -0.39 is 0 Å². The van der Waals surface area contributed by atoms with Crippen molar-refractivity contribution < 1.29 is 9.59 Å². The molecule has 2 amide bonds. The van der Waals surface area contributed by atoms with Crippen LogP contribution < -0.4 is 5.32 Å². The SMILES string of the molecule is O=C(NCC1CC1)C1CC2(CCN(C(=O)c3ccn[nH]3)CC2)c2ccccc21. The van der Waals surface area contributed by atoms with Crippen molar-refractivity contribution in [1.82, 2.24) is 20.4 Å². The molecule has 1 spiro atoms. The molecule has 2 heterocycles. The van der Waals surface area contributed by atoms with E-state index in [0.29, 0.717) is 24.7 Å². The van der Waals surface area contributed by atoms with Crippen molar-refractivity contribution in [3.8, 4) is 0 Å². The smallest absolute Gasteiger partial charge is 0.271 e. The molecular formula is C22H26N4O2. The van der Waals surface area contributed by atoms with Crippen LogP contribution in [0.2, 0.25) is 0 Å². The molecule has 2 N–H and O–H groups in total. The Labute approximate surface area is 164 Å². The third-order valence-corrected chi connectivity index (χ3v) is 6.82. The summed E-state index contributed by atoms with van der Waals surface area (Å²) in [6.07, 6.45) is 6.75. The molecule has 6 nitrogen and oxygen atoms in total. The highest BCUT2D eigenvalue weighted by atomic mass is 16.2. The molecule has 3 aliphatic rings. The third kappa shape index (κ3) is 3.01. The summed E-state index contributed by atoms with van der Waals surface area (Å²) in [7, 11) is 0. The van der Waals surface area contributed by atoms with Crippen LogP contribution in [0.1, 0.15) is 59.6 Å². The second-order valence-corrected chi connectivity index (χ2v) is 8.58. The lowest BCUT2D eigenvalue weighted by molar-refractivity contribution is -0.122. The Balaban J connectivity index is 1.32. The van der Waals surface area contributed by atoms with E-state index in [1.54, 1.807) is 12.3 Å². The number of nitrogens with zero attached hydrogens (tertiary/aromatic N) is 2. The number of piperidine rings is 1. The number of fused-ring (bicyclic) bond motifs is 2. The Hall–Kier alpha value is -2.63. The summed E-state index contributed by atoms with van der Waals surface area (Å²) in [6.45, 7) is 2.24. The van der Waals surface area contributed by atoms with Crippen LogP contribution in [-0.2, 0) is 10.2 Å². The number of hydrogen-bond donors (Lipinski definition) is 2. The van der Waals surface area contributed by atoms with E-state index in [1.807, 2.05) is 11.0 Å². The number of amides is 2. The molecule has 1 atom stereocenters. The van der Waals surface area contributed by atoms with E-state index in [1.165, 1.54) is 24.0 Å². The van der Waals surface area contributed by atoms with Gasteiger partial charge in [0.2, 0.25) is 5.91 Å². The lowest BCUT2D eigenvalue weighted by atomic mass is 9.73. The number of carbonyl (C=O) groups excluding carboxylic acids is 2. The molecule has 1 aromatic heterocycles. The van der Waals surface area contributed by atoms with Crippen LogP contribution in [0.4, 0.5) is 0 Å². The molecule has 1 aromatic carbocycles. The van der Waals surface area contributed by atoms with Gasteiger partial charge in [-0.25, -0.2) is 0 Å². The van der Waals surface area contributed by atoms with Crippen LogP contribution in [0.15, 0.2) is 36.5 Å². The van der Waals surface area contributed by atoms with E-state index in [4.69, 9.17) is 0 Å². The molecule has 2 aromatic rings. The maximum absolute atomic E-state index is 12.9. The standard InChI is InChI=1S/C22H26N4O2/c27-20(23-14-15-5-6-15)17-13-22(18-4-2-1-3-16(17)18)8-11-26(12-9-22)21(28)19-7-10-24-25-19/h1-4,7,10,15,17H,5-6,8-9,11-14H2,(H,23,27)(H,24,25). The van der Waals surface area contributed by atoms with Crippen molar-refractivity contribution in [3.05, 3.63) is 53.3 Å². The summed E-state index contributed by atoms with van der Waals surface area (Å²) >= 11 is 0. The normalized spacial score (nSPS) is 22.9. The Morgan fingerprint density at radius 3 is 2.68 bits per heavy atom. The van der Waals surface area contributed by atoms with Gasteiger partial charge >= 0.3 is 0 Å². The van der Waals surface area contributed by atoms with Crippen molar-refractivity contribution in [1.29, 1.82) is 0 Å². The quantitative estimate of drug-likeness (QED) is 0.858. The summed E-state index contributed by atoms with van der Waals surface area (Å²) in [5.41, 5.74) is 3.04. The zero-order valence-corrected chi connectivity index (χ0v) is 16.0. The maximum atomic E-state index is 12.9. The fourth-order valence-electron chi connectivity index (χ4n) is 4.98. The van der Waals surface area contributed by atoms with Crippen molar-refractivity contribution in [3.63, 3.8) is 0 Å². The van der Waals surface area contributed by atoms with Gasteiger partial charge in [0.15, 0.2) is 0 Å². The number of benzene rings is 1. The molecule has 1 saturated heterocycles. The Bertz CT molecular complexity index is 880. The number of nitrogens with one attached hydrogen (secondary N) is 2. The fourth-order valence-corrected chi connectivity index (χ4v) is 4.98. The van der Waals surface area contributed by atoms with Crippen LogP contribution >= 0.6 is 0 Å². The van der Waals surface area contributed by atoms with Gasteiger partial charge in [-0.2, -0.15) is 5.10 Å². The van der Waals surface area contributed by atoms with Gasteiger partial charge in [0.1, 0.15) is 5.69 Å². The fraction of sp³-hybridized carbons (Fsp3) is 0.500. The van der Waals surface area contributed by atoms with E-state index in [9.17, 15) is 9.59 Å². The third-order valence-electron chi connectivity index (χ3n) is 6.82. The molecule has 0 radical (unpaired) electrons. The molecule has 6 heteroatoms. The maximum Gasteiger partial charge on any atom is 0.271 e. The zero-order chi connectivity index (χ0) is 19.1. The van der Waals surface area contributed by atoms with Crippen molar-refractivity contribution >= 4 is 11.8 Å². The van der Waals surface area contributed by atoms with E-state index >= 15 is 0 Å². The predicted octanol–water partition coefficient (Wildman–Crippen LogP) is 2.60. The summed E-state index contributed by atoms with van der Waals surface area (Å²) in [4.78, 5) is 27.4. The summed E-state index contributed by atoms with van der Waals surface area (Å²) in [6, 6.07) is 10.1. The monoisotopic (exact) mass is 378 g/mol. The molecule has 1 saturated carbocycles. The van der Waals surface area contributed by atoms with Gasteiger partial charge in [-0.05, 0) is 55.2 Å². The van der Waals surface area contributed by atoms with Crippen molar-refractivity contribution in [2.75, 3.05) is 19.6 Å². The molecule has 1 unspecified atom stereocenters. The Morgan fingerprint density at radius 1 is 1.18 bits per heavy atom. The second-order valence-electron chi connectivity index (χ2n) is 8.58. The minimum Gasteiger partial charge on any atom is -0.355 e. The van der Waals surface area contributed by atoms with Gasteiger partial charge in [0.25, 0.3) is 5.91 Å². The molecule has 1 aliphatic heterocycles. The molecule has 5 rings (SSSR count). The van der Waals surface area contributed by atoms with Crippen molar-refractivity contribution in [2.24, 2.45) is 5.92 Å². The zero-order valence-electron chi connectivity index (χ0n) is 16.0. The lowest BCUT2D eigenvalue weighted by Crippen LogP contribution is -2.44. The van der Waals surface area contributed by atoms with Gasteiger partial charge in [-0.1, -0.05) is 24.3 Å². The van der Waals surface area contributed by atoms with Crippen LogP contribution in [-0.4, -0.2) is 46.5 Å². The minimum absolute atomic E-state index is 0.00292. The van der Waals surface area contributed by atoms with Gasteiger partial charge < -0.3 is 10.2 Å². The van der Waals surface area contributed by atoms with Gasteiger partial charge in [-0.3, -0.25) is 14.7 Å². The summed E-state index contributed by atoms with van der Waals surface area (Å²) in [5.74, 6) is 0.806. The lowest BCUT2D eigenvalue weighted by Gasteiger charge is -2.40. The number of H-pyrrole nitrogens is 1. The average molecular weight is 378 g/mol. The number of aromatic amines is 1. The van der Waals surface area contributed by atoms with Crippen LogP contribution in [0.5, 0.6) is 0 Å². The van der Waals surface area contributed by atoms with E-state index in [0.717, 1.165) is 25.8 Å². The topological polar surface area (TPSA) is 78.1 Å². The van der Waals surface area contributed by atoms with Gasteiger partial charge in [0.05, 0.1) is 5.92 Å². The first-order valence-electron chi connectivity index (χ1n) is 10.3. The predicted molar refractivity (Wildman–Crippen MR) is 105 cm³/mol. The summed E-state index contributed by atoms with van der Waals surface area (Å²) < 4.78 is 0. The first-order chi connectivity index (χ1) is 13.7. The Kier molecular flexibility index (Phi) is 4.22. The number of aromatic nitrogens is 2. The van der Waals surface area contributed by atoms with E-state index in [-0.39, 0.29) is 23.1 Å². The molecule has 0 bridgehead atoms. The molecular weight excluding hydrogens is 352 g/mol.